The van der Waals surface area contributed by atoms with Gasteiger partial charge in [0.1, 0.15) is 0 Å². The molecule has 0 aromatic heterocycles. The van der Waals surface area contributed by atoms with Gasteiger partial charge in [0, 0.05) is 52.3 Å². The predicted molar refractivity (Wildman–Crippen MR) is 156 cm³/mol. The molecule has 2 saturated heterocycles. The molecule has 2 aromatic rings. The average Bonchev–Trinajstić information content (AvgIpc) is 3.36. The summed E-state index contributed by atoms with van der Waals surface area (Å²) in [5.74, 6) is 0.426. The van der Waals surface area contributed by atoms with E-state index in [1.807, 2.05) is 35.8 Å². The Labute approximate surface area is 232 Å². The molecule has 0 unspecified atom stereocenters. The normalized spacial score (nSPS) is 19.8. The third-order valence-electron chi connectivity index (χ3n) is 6.90. The van der Waals surface area contributed by atoms with Crippen molar-refractivity contribution in [2.45, 2.75) is 65.5 Å². The number of nitrogens with zero attached hydrogens (tertiary/aromatic N) is 3. The van der Waals surface area contributed by atoms with Crippen LogP contribution in [0.2, 0.25) is 0 Å². The van der Waals surface area contributed by atoms with E-state index < -0.39 is 0 Å². The lowest BCUT2D eigenvalue weighted by Crippen LogP contribution is -2.39. The van der Waals surface area contributed by atoms with Crippen LogP contribution in [0.1, 0.15) is 47.9 Å². The van der Waals surface area contributed by atoms with E-state index in [9.17, 15) is 9.59 Å². The summed E-state index contributed by atoms with van der Waals surface area (Å²) in [5.41, 5.74) is 12.4. The molecule has 0 radical (unpaired) electrons. The van der Waals surface area contributed by atoms with Crippen molar-refractivity contribution in [2.75, 3.05) is 37.0 Å². The van der Waals surface area contributed by atoms with Crippen LogP contribution in [0.3, 0.4) is 0 Å². The van der Waals surface area contributed by atoms with E-state index >= 15 is 0 Å². The maximum Gasteiger partial charge on any atom is 0.227 e. The van der Waals surface area contributed by atoms with Gasteiger partial charge in [0.25, 0.3) is 0 Å². The number of aryl methyl sites for hydroxylation is 4. The first-order valence-corrected chi connectivity index (χ1v) is 14.1. The Balaban J connectivity index is 0.000000202. The third kappa shape index (κ3) is 6.39. The molecule has 0 aliphatic carbocycles. The molecular formula is C28H38Br2N4O2. The Hall–Kier alpha value is -1.74. The van der Waals surface area contributed by atoms with E-state index in [0.29, 0.717) is 25.4 Å². The van der Waals surface area contributed by atoms with Crippen LogP contribution < -0.4 is 15.5 Å². The van der Waals surface area contributed by atoms with Gasteiger partial charge >= 0.3 is 0 Å². The molecule has 2 amide bonds. The topological polar surface area (TPSA) is 69.9 Å². The summed E-state index contributed by atoms with van der Waals surface area (Å²) in [6, 6.07) is 8.74. The Bertz CT molecular complexity index is 1090. The van der Waals surface area contributed by atoms with Crippen molar-refractivity contribution >= 4 is 55.0 Å². The molecule has 8 heteroatoms. The SMILES string of the molecule is Cc1cc(N2C(=O)CC[C@@H]2CN(C)C)cc(C)c1Br.Cc1cc(N2C(=O)CC[C@@H]2CN)cc(C)c1Br. The van der Waals surface area contributed by atoms with E-state index in [1.54, 1.807) is 0 Å². The van der Waals surface area contributed by atoms with E-state index in [4.69, 9.17) is 5.73 Å². The Morgan fingerprint density at radius 1 is 0.778 bits per heavy atom. The molecule has 4 rings (SSSR count). The molecule has 2 atom stereocenters. The Morgan fingerprint density at radius 2 is 1.14 bits per heavy atom. The summed E-state index contributed by atoms with van der Waals surface area (Å²) >= 11 is 7.12. The van der Waals surface area contributed by atoms with Crippen molar-refractivity contribution < 1.29 is 9.59 Å². The lowest BCUT2D eigenvalue weighted by Gasteiger charge is -2.28. The van der Waals surface area contributed by atoms with Crippen molar-refractivity contribution in [3.63, 3.8) is 0 Å². The standard InChI is InChI=1S/C15H21BrN2O.C13H17BrN2O/c1-10-7-13(8-11(2)15(10)16)18-12(9-17(3)4)5-6-14(18)19;1-8-5-11(6-9(2)13(8)14)16-10(7-15)3-4-12(16)17/h7-8,12H,5-6,9H2,1-4H3;5-6,10H,3-4,7,15H2,1-2H3/t12-;10-/m11/s1. The Kier molecular flexibility index (Phi) is 9.77. The smallest absolute Gasteiger partial charge is 0.227 e. The number of amides is 2. The van der Waals surface area contributed by atoms with Crippen LogP contribution in [-0.4, -0.2) is 56.0 Å². The fourth-order valence-electron chi connectivity index (χ4n) is 5.14. The van der Waals surface area contributed by atoms with Crippen molar-refractivity contribution in [1.82, 2.24) is 4.90 Å². The number of rotatable bonds is 5. The van der Waals surface area contributed by atoms with Crippen LogP contribution in [0.15, 0.2) is 33.2 Å². The summed E-state index contributed by atoms with van der Waals surface area (Å²) < 4.78 is 2.24. The quantitative estimate of drug-likeness (QED) is 0.469. The van der Waals surface area contributed by atoms with Crippen molar-refractivity contribution in [1.29, 1.82) is 0 Å². The minimum atomic E-state index is 0.155. The molecule has 2 aromatic carbocycles. The van der Waals surface area contributed by atoms with Crippen LogP contribution >= 0.6 is 31.9 Å². The zero-order chi connectivity index (χ0) is 26.7. The molecule has 0 spiro atoms. The fourth-order valence-corrected chi connectivity index (χ4v) is 5.60. The molecule has 2 aliphatic rings. The number of nitrogens with two attached hydrogens (primary N) is 1. The highest BCUT2D eigenvalue weighted by atomic mass is 79.9. The van der Waals surface area contributed by atoms with Gasteiger partial charge in [-0.2, -0.15) is 0 Å². The second-order valence-electron chi connectivity index (χ2n) is 10.2. The number of anilines is 2. The zero-order valence-electron chi connectivity index (χ0n) is 22.2. The van der Waals surface area contributed by atoms with Gasteiger partial charge in [-0.05, 0) is 101 Å². The maximum absolute atomic E-state index is 12.2. The lowest BCUT2D eigenvalue weighted by atomic mass is 10.1. The first-order chi connectivity index (χ1) is 16.9. The number of carbonyl (C=O) groups excluding carboxylic acids is 2. The zero-order valence-corrected chi connectivity index (χ0v) is 25.4. The lowest BCUT2D eigenvalue weighted by molar-refractivity contribution is -0.118. The van der Waals surface area contributed by atoms with Crippen molar-refractivity contribution in [2.24, 2.45) is 5.73 Å². The van der Waals surface area contributed by atoms with Crippen LogP contribution in [0.5, 0.6) is 0 Å². The van der Waals surface area contributed by atoms with Gasteiger partial charge in [-0.1, -0.05) is 31.9 Å². The van der Waals surface area contributed by atoms with Crippen LogP contribution in [0.25, 0.3) is 0 Å². The van der Waals surface area contributed by atoms with Gasteiger partial charge in [-0.25, -0.2) is 0 Å². The van der Waals surface area contributed by atoms with E-state index in [2.05, 4.69) is 76.8 Å². The summed E-state index contributed by atoms with van der Waals surface area (Å²) in [5, 5.41) is 0. The largest absolute Gasteiger partial charge is 0.328 e. The van der Waals surface area contributed by atoms with Gasteiger partial charge in [0.05, 0.1) is 6.04 Å². The molecule has 2 heterocycles. The number of carbonyl (C=O) groups is 2. The van der Waals surface area contributed by atoms with E-state index in [-0.39, 0.29) is 17.9 Å². The number of halogens is 2. The van der Waals surface area contributed by atoms with Crippen molar-refractivity contribution in [3.8, 4) is 0 Å². The summed E-state index contributed by atoms with van der Waals surface area (Å²) in [7, 11) is 4.11. The minimum absolute atomic E-state index is 0.155. The molecule has 0 saturated carbocycles. The maximum atomic E-state index is 12.2. The van der Waals surface area contributed by atoms with Gasteiger partial charge in [-0.15, -0.1) is 0 Å². The second kappa shape index (κ2) is 12.2. The molecule has 2 aliphatic heterocycles. The molecular weight excluding hydrogens is 584 g/mol. The monoisotopic (exact) mass is 620 g/mol. The molecule has 2 fully saturated rings. The highest BCUT2D eigenvalue weighted by Crippen LogP contribution is 2.33. The van der Waals surface area contributed by atoms with E-state index in [1.165, 1.54) is 11.1 Å². The van der Waals surface area contributed by atoms with Gasteiger partial charge in [0.15, 0.2) is 0 Å². The summed E-state index contributed by atoms with van der Waals surface area (Å²) in [6.45, 7) is 9.67. The number of hydrogen-bond donors (Lipinski definition) is 1. The highest BCUT2D eigenvalue weighted by Gasteiger charge is 2.33. The van der Waals surface area contributed by atoms with Crippen LogP contribution in [0, 0.1) is 27.7 Å². The Morgan fingerprint density at radius 3 is 1.50 bits per heavy atom. The van der Waals surface area contributed by atoms with Gasteiger partial charge in [0.2, 0.25) is 11.8 Å². The number of benzene rings is 2. The third-order valence-corrected chi connectivity index (χ3v) is 9.40. The first kappa shape index (κ1) is 28.8. The predicted octanol–water partition coefficient (Wildman–Crippen LogP) is 5.64. The summed E-state index contributed by atoms with van der Waals surface area (Å²) in [6.07, 6.45) is 3.08. The van der Waals surface area contributed by atoms with Gasteiger partial charge in [-0.3, -0.25) is 9.59 Å². The fraction of sp³-hybridized carbons (Fsp3) is 0.500. The number of hydrogen-bond acceptors (Lipinski definition) is 4. The van der Waals surface area contributed by atoms with Crippen LogP contribution in [-0.2, 0) is 9.59 Å². The molecule has 36 heavy (non-hydrogen) atoms. The number of likely N-dealkylation sites (N-methyl/N-ethyl adjacent to an activating group) is 1. The van der Waals surface area contributed by atoms with Gasteiger partial charge < -0.3 is 20.4 Å². The molecule has 6 nitrogen and oxygen atoms in total. The minimum Gasteiger partial charge on any atom is -0.328 e. The van der Waals surface area contributed by atoms with Crippen LogP contribution in [0.4, 0.5) is 11.4 Å². The molecule has 196 valence electrons. The first-order valence-electron chi connectivity index (χ1n) is 12.5. The molecule has 0 bridgehead atoms. The highest BCUT2D eigenvalue weighted by molar-refractivity contribution is 9.10. The van der Waals surface area contributed by atoms with Crippen molar-refractivity contribution in [3.05, 3.63) is 55.5 Å². The average molecular weight is 622 g/mol. The second-order valence-corrected chi connectivity index (χ2v) is 11.8. The molecule has 2 N–H and O–H groups in total. The van der Waals surface area contributed by atoms with E-state index in [0.717, 1.165) is 50.8 Å². The summed E-state index contributed by atoms with van der Waals surface area (Å²) in [4.78, 5) is 30.1.